The van der Waals surface area contributed by atoms with Gasteiger partial charge in [0.25, 0.3) is 0 Å². The van der Waals surface area contributed by atoms with E-state index in [0.29, 0.717) is 6.54 Å². The Morgan fingerprint density at radius 3 is 2.77 bits per heavy atom. The van der Waals surface area contributed by atoms with Crippen molar-refractivity contribution in [3.8, 4) is 17.0 Å². The largest absolute Gasteiger partial charge is 0.497 e. The smallest absolute Gasteiger partial charge is 0.317 e. The lowest BCUT2D eigenvalue weighted by Gasteiger charge is -2.44. The molecule has 1 spiro atoms. The van der Waals surface area contributed by atoms with Gasteiger partial charge in [0.15, 0.2) is 0 Å². The normalized spacial score (nSPS) is 17.5. The van der Waals surface area contributed by atoms with E-state index >= 15 is 0 Å². The van der Waals surface area contributed by atoms with E-state index in [-0.39, 0.29) is 11.4 Å². The number of ether oxygens (including phenoxy) is 1. The molecule has 2 amide bonds. The van der Waals surface area contributed by atoms with Gasteiger partial charge in [-0.15, -0.1) is 0 Å². The molecule has 0 aliphatic carbocycles. The van der Waals surface area contributed by atoms with Crippen LogP contribution in [0.3, 0.4) is 0 Å². The van der Waals surface area contributed by atoms with Crippen LogP contribution in [0, 0.1) is 0 Å². The molecule has 1 saturated heterocycles. The predicted molar refractivity (Wildman–Crippen MR) is 120 cm³/mol. The van der Waals surface area contributed by atoms with Crippen molar-refractivity contribution in [1.82, 2.24) is 25.0 Å². The van der Waals surface area contributed by atoms with E-state index in [1.807, 2.05) is 36.2 Å². The number of piperidine rings is 1. The third-order valence-electron chi connectivity index (χ3n) is 6.87. The van der Waals surface area contributed by atoms with Gasteiger partial charge in [-0.25, -0.2) is 4.79 Å². The number of aryl methyl sites for hydroxylation is 1. The van der Waals surface area contributed by atoms with Crippen LogP contribution in [0.5, 0.6) is 5.75 Å². The van der Waals surface area contributed by atoms with Crippen LogP contribution in [-0.2, 0) is 12.0 Å². The van der Waals surface area contributed by atoms with Gasteiger partial charge in [-0.3, -0.25) is 9.67 Å². The first-order valence-electron chi connectivity index (χ1n) is 11.2. The van der Waals surface area contributed by atoms with E-state index in [1.165, 1.54) is 5.69 Å². The van der Waals surface area contributed by atoms with Crippen LogP contribution >= 0.6 is 0 Å². The first-order chi connectivity index (χ1) is 15.1. The Labute approximate surface area is 182 Å². The fourth-order valence-corrected chi connectivity index (χ4v) is 5.13. The van der Waals surface area contributed by atoms with Crippen molar-refractivity contribution in [2.75, 3.05) is 26.7 Å². The number of nitrogens with zero attached hydrogens (tertiary/aromatic N) is 4. The van der Waals surface area contributed by atoms with E-state index < -0.39 is 0 Å². The Balaban J connectivity index is 1.44. The van der Waals surface area contributed by atoms with Crippen molar-refractivity contribution in [3.63, 3.8) is 0 Å². The first-order valence-corrected chi connectivity index (χ1v) is 11.2. The van der Waals surface area contributed by atoms with Crippen molar-refractivity contribution in [3.05, 3.63) is 42.2 Å². The molecule has 7 nitrogen and oxygen atoms in total. The Bertz CT molecular complexity index is 1110. The minimum Gasteiger partial charge on any atom is -0.497 e. The summed E-state index contributed by atoms with van der Waals surface area (Å²) in [6, 6.07) is 10.4. The third kappa shape index (κ3) is 3.52. The topological polar surface area (TPSA) is 72.3 Å². The van der Waals surface area contributed by atoms with Gasteiger partial charge in [-0.2, -0.15) is 5.10 Å². The number of benzene rings is 1. The van der Waals surface area contributed by atoms with Gasteiger partial charge >= 0.3 is 6.03 Å². The van der Waals surface area contributed by atoms with Gasteiger partial charge in [-0.05, 0) is 62.9 Å². The zero-order chi connectivity index (χ0) is 21.4. The second kappa shape index (κ2) is 7.87. The molecular formula is C24H29N5O2. The number of urea groups is 1. The number of pyridine rings is 1. The highest BCUT2D eigenvalue weighted by Gasteiger charge is 2.41. The van der Waals surface area contributed by atoms with Crippen molar-refractivity contribution >= 4 is 16.9 Å². The average molecular weight is 420 g/mol. The molecule has 2 aliphatic rings. The quantitative estimate of drug-likeness (QED) is 0.697. The minimum atomic E-state index is 0.0556. The monoisotopic (exact) mass is 419 g/mol. The van der Waals surface area contributed by atoms with Gasteiger partial charge in [0, 0.05) is 54.4 Å². The van der Waals surface area contributed by atoms with Crippen LogP contribution in [0.25, 0.3) is 22.2 Å². The number of carbonyl (C=O) groups is 1. The van der Waals surface area contributed by atoms with Crippen molar-refractivity contribution in [1.29, 1.82) is 0 Å². The first kappa shape index (κ1) is 19.8. The van der Waals surface area contributed by atoms with E-state index in [4.69, 9.17) is 9.84 Å². The van der Waals surface area contributed by atoms with Crippen LogP contribution in [0.1, 0.15) is 38.3 Å². The van der Waals surface area contributed by atoms with Crippen molar-refractivity contribution in [2.45, 2.75) is 44.6 Å². The van der Waals surface area contributed by atoms with Gasteiger partial charge in [0.1, 0.15) is 5.75 Å². The van der Waals surface area contributed by atoms with Gasteiger partial charge in [0.05, 0.1) is 18.3 Å². The molecule has 0 bridgehead atoms. The predicted octanol–water partition coefficient (Wildman–Crippen LogP) is 3.96. The van der Waals surface area contributed by atoms with Gasteiger partial charge in [-0.1, -0.05) is 0 Å². The molecule has 5 rings (SSSR count). The number of methoxy groups -OCH3 is 1. The number of aromatic nitrogens is 3. The summed E-state index contributed by atoms with van der Waals surface area (Å²) >= 11 is 0. The maximum absolute atomic E-state index is 12.2. The van der Waals surface area contributed by atoms with Crippen LogP contribution in [0.15, 0.2) is 36.5 Å². The molecule has 0 radical (unpaired) electrons. The molecule has 1 N–H and O–H groups in total. The molecule has 2 aliphatic heterocycles. The maximum Gasteiger partial charge on any atom is 0.317 e. The highest BCUT2D eigenvalue weighted by molar-refractivity contribution is 5.84. The van der Waals surface area contributed by atoms with Gasteiger partial charge < -0.3 is 15.0 Å². The van der Waals surface area contributed by atoms with E-state index in [9.17, 15) is 4.79 Å². The Hall–Kier alpha value is -3.09. The Kier molecular flexibility index (Phi) is 5.04. The van der Waals surface area contributed by atoms with E-state index in [1.54, 1.807) is 7.11 Å². The highest BCUT2D eigenvalue weighted by Crippen LogP contribution is 2.43. The summed E-state index contributed by atoms with van der Waals surface area (Å²) in [5.41, 5.74) is 4.37. The van der Waals surface area contributed by atoms with E-state index in [2.05, 4.69) is 27.1 Å². The summed E-state index contributed by atoms with van der Waals surface area (Å²) in [7, 11) is 1.68. The fourth-order valence-electron chi connectivity index (χ4n) is 5.13. The summed E-state index contributed by atoms with van der Waals surface area (Å²) < 4.78 is 7.56. The lowest BCUT2D eigenvalue weighted by atomic mass is 9.70. The fraction of sp³-hybridized carbons (Fsp3) is 0.458. The summed E-state index contributed by atoms with van der Waals surface area (Å²) in [6.07, 6.45) is 6.18. The number of amides is 2. The zero-order valence-corrected chi connectivity index (χ0v) is 18.2. The molecule has 0 atom stereocenters. The molecule has 4 heterocycles. The number of nitrogens with one attached hydrogen (secondary N) is 1. The molecule has 0 saturated carbocycles. The summed E-state index contributed by atoms with van der Waals surface area (Å²) in [5, 5.41) is 8.93. The molecule has 1 fully saturated rings. The standard InChI is InChI=1S/C24H29N5O2/c1-3-25-23(30)28-11-8-24(9-12-28)7-4-10-29-22(24)15-21(27-29)18-13-17-14-19(31-2)5-6-20(17)26-16-18/h5-6,13-16H,3-4,7-12H2,1-2H3,(H,25,30). The molecule has 31 heavy (non-hydrogen) atoms. The van der Waals surface area contributed by atoms with Crippen LogP contribution < -0.4 is 10.1 Å². The number of likely N-dealkylation sites (tertiary alicyclic amines) is 1. The number of rotatable bonds is 3. The number of hydrogen-bond acceptors (Lipinski definition) is 4. The average Bonchev–Trinajstić information content (AvgIpc) is 3.25. The maximum atomic E-state index is 12.2. The highest BCUT2D eigenvalue weighted by atomic mass is 16.5. The van der Waals surface area contributed by atoms with Crippen LogP contribution in [-0.4, -0.2) is 52.4 Å². The molecule has 7 heteroatoms. The number of hydrogen-bond donors (Lipinski definition) is 1. The lowest BCUT2D eigenvalue weighted by molar-refractivity contribution is 0.139. The molecule has 0 unspecified atom stereocenters. The summed E-state index contributed by atoms with van der Waals surface area (Å²) in [5.74, 6) is 0.827. The van der Waals surface area contributed by atoms with Crippen LogP contribution in [0.4, 0.5) is 4.79 Å². The molecule has 2 aromatic heterocycles. The number of carbonyl (C=O) groups excluding carboxylic acids is 1. The molecular weight excluding hydrogens is 390 g/mol. The second-order valence-corrected chi connectivity index (χ2v) is 8.63. The summed E-state index contributed by atoms with van der Waals surface area (Å²) in [6.45, 7) is 5.17. The third-order valence-corrected chi connectivity index (χ3v) is 6.87. The number of fused-ring (bicyclic) bond motifs is 3. The Morgan fingerprint density at radius 1 is 1.16 bits per heavy atom. The van der Waals surface area contributed by atoms with Gasteiger partial charge in [0.2, 0.25) is 0 Å². The molecule has 162 valence electrons. The minimum absolute atomic E-state index is 0.0556. The Morgan fingerprint density at radius 2 is 2.00 bits per heavy atom. The second-order valence-electron chi connectivity index (χ2n) is 8.63. The van der Waals surface area contributed by atoms with E-state index in [0.717, 1.165) is 73.2 Å². The van der Waals surface area contributed by atoms with Crippen LogP contribution in [0.2, 0.25) is 0 Å². The van der Waals surface area contributed by atoms with Crippen molar-refractivity contribution in [2.24, 2.45) is 0 Å². The van der Waals surface area contributed by atoms with Crippen molar-refractivity contribution < 1.29 is 9.53 Å². The summed E-state index contributed by atoms with van der Waals surface area (Å²) in [4.78, 5) is 18.8. The SMILES string of the molecule is CCNC(=O)N1CCC2(CCCn3nc(-c4cnc5ccc(OC)cc5c4)cc32)CC1. The molecule has 3 aromatic rings. The zero-order valence-electron chi connectivity index (χ0n) is 18.2. The molecule has 1 aromatic carbocycles. The lowest BCUT2D eigenvalue weighted by Crippen LogP contribution is -2.50.